The van der Waals surface area contributed by atoms with E-state index in [0.29, 0.717) is 13.2 Å². The summed E-state index contributed by atoms with van der Waals surface area (Å²) in [4.78, 5) is 18.4. The average Bonchev–Trinajstić information content (AvgIpc) is 3.09. The van der Waals surface area contributed by atoms with Crippen molar-refractivity contribution in [3.05, 3.63) is 18.5 Å². The van der Waals surface area contributed by atoms with Gasteiger partial charge in [-0.25, -0.2) is 0 Å². The zero-order valence-corrected chi connectivity index (χ0v) is 16.8. The SMILES string of the molecule is CCOC(=O)C1CCCN(C(=NC)NCCCn2cccn2)C1.I. The first-order valence-corrected chi connectivity index (χ1v) is 8.34. The summed E-state index contributed by atoms with van der Waals surface area (Å²) >= 11 is 0. The molecule has 2 heterocycles. The number of nitrogens with zero attached hydrogens (tertiary/aromatic N) is 4. The predicted octanol–water partition coefficient (Wildman–Crippen LogP) is 1.74. The van der Waals surface area contributed by atoms with E-state index in [9.17, 15) is 4.79 Å². The van der Waals surface area contributed by atoms with E-state index in [1.165, 1.54) is 0 Å². The lowest BCUT2D eigenvalue weighted by Gasteiger charge is -2.33. The van der Waals surface area contributed by atoms with Crippen molar-refractivity contribution >= 4 is 35.9 Å². The van der Waals surface area contributed by atoms with Crippen molar-refractivity contribution in [2.24, 2.45) is 10.9 Å². The van der Waals surface area contributed by atoms with E-state index in [4.69, 9.17) is 4.74 Å². The molecule has 1 aromatic heterocycles. The highest BCUT2D eigenvalue weighted by Gasteiger charge is 2.28. The summed E-state index contributed by atoms with van der Waals surface area (Å²) in [6.45, 7) is 5.59. The molecule has 0 spiro atoms. The van der Waals surface area contributed by atoms with Crippen LogP contribution in [0, 0.1) is 5.92 Å². The van der Waals surface area contributed by atoms with Crippen molar-refractivity contribution in [2.75, 3.05) is 33.3 Å². The van der Waals surface area contributed by atoms with Crippen molar-refractivity contribution in [3.63, 3.8) is 0 Å². The molecule has 1 atom stereocenters. The van der Waals surface area contributed by atoms with E-state index in [2.05, 4.69) is 20.3 Å². The predicted molar refractivity (Wildman–Crippen MR) is 105 cm³/mol. The van der Waals surface area contributed by atoms with Gasteiger partial charge in [0.1, 0.15) is 0 Å². The number of aliphatic imine (C=N–C) groups is 1. The minimum absolute atomic E-state index is 0. The van der Waals surface area contributed by atoms with Crippen LogP contribution in [0.1, 0.15) is 26.2 Å². The number of hydrogen-bond donors (Lipinski definition) is 1. The quantitative estimate of drug-likeness (QED) is 0.236. The number of likely N-dealkylation sites (tertiary alicyclic amines) is 1. The molecule has 1 aromatic rings. The molecule has 1 fully saturated rings. The number of carbonyl (C=O) groups is 1. The summed E-state index contributed by atoms with van der Waals surface area (Å²) in [5.41, 5.74) is 0. The van der Waals surface area contributed by atoms with Gasteiger partial charge in [-0.2, -0.15) is 5.10 Å². The third kappa shape index (κ3) is 6.29. The lowest BCUT2D eigenvalue weighted by atomic mass is 9.98. The van der Waals surface area contributed by atoms with Gasteiger partial charge in [-0.1, -0.05) is 0 Å². The normalized spacial score (nSPS) is 18.0. The number of aryl methyl sites for hydroxylation is 1. The van der Waals surface area contributed by atoms with Gasteiger partial charge in [0.25, 0.3) is 0 Å². The Kier molecular flexibility index (Phi) is 9.73. The van der Waals surface area contributed by atoms with Crippen LogP contribution >= 0.6 is 24.0 Å². The van der Waals surface area contributed by atoms with Crippen LogP contribution in [0.25, 0.3) is 0 Å². The topological polar surface area (TPSA) is 71.8 Å². The lowest BCUT2D eigenvalue weighted by molar-refractivity contribution is -0.149. The van der Waals surface area contributed by atoms with Crippen LogP contribution in [-0.4, -0.2) is 59.9 Å². The first-order valence-electron chi connectivity index (χ1n) is 8.34. The molecule has 0 aliphatic carbocycles. The number of guanidine groups is 1. The summed E-state index contributed by atoms with van der Waals surface area (Å²) in [6, 6.07) is 1.93. The minimum Gasteiger partial charge on any atom is -0.466 e. The maximum absolute atomic E-state index is 11.9. The van der Waals surface area contributed by atoms with Crippen LogP contribution in [0.2, 0.25) is 0 Å². The molecule has 1 saturated heterocycles. The fraction of sp³-hybridized carbons (Fsp3) is 0.688. The van der Waals surface area contributed by atoms with Gasteiger partial charge < -0.3 is 15.0 Å². The second-order valence-corrected chi connectivity index (χ2v) is 5.63. The second-order valence-electron chi connectivity index (χ2n) is 5.63. The van der Waals surface area contributed by atoms with E-state index in [0.717, 1.165) is 44.9 Å². The summed E-state index contributed by atoms with van der Waals surface area (Å²) in [5, 5.41) is 7.56. The van der Waals surface area contributed by atoms with Gasteiger partial charge in [-0.05, 0) is 32.3 Å². The molecule has 1 N–H and O–H groups in total. The van der Waals surface area contributed by atoms with Gasteiger partial charge in [0.2, 0.25) is 0 Å². The fourth-order valence-corrected chi connectivity index (χ4v) is 2.83. The van der Waals surface area contributed by atoms with Gasteiger partial charge in [0.15, 0.2) is 5.96 Å². The van der Waals surface area contributed by atoms with Gasteiger partial charge >= 0.3 is 5.97 Å². The minimum atomic E-state index is -0.0914. The third-order valence-electron chi connectivity index (χ3n) is 3.96. The second kappa shape index (κ2) is 11.3. The van der Waals surface area contributed by atoms with Crippen molar-refractivity contribution in [1.82, 2.24) is 20.0 Å². The van der Waals surface area contributed by atoms with E-state index in [-0.39, 0.29) is 35.9 Å². The van der Waals surface area contributed by atoms with Gasteiger partial charge in [-0.3, -0.25) is 14.5 Å². The molecule has 2 rings (SSSR count). The van der Waals surface area contributed by atoms with Crippen LogP contribution in [0.15, 0.2) is 23.5 Å². The number of rotatable bonds is 6. The number of ether oxygens (including phenoxy) is 1. The average molecular weight is 449 g/mol. The van der Waals surface area contributed by atoms with Crippen LogP contribution in [0.3, 0.4) is 0 Å². The standard InChI is InChI=1S/C16H27N5O2.HI/c1-3-23-15(22)14-7-4-10-20(13-14)16(17-2)18-8-5-11-21-12-6-9-19-21;/h6,9,12,14H,3-5,7-8,10-11,13H2,1-2H3,(H,17,18);1H. The largest absolute Gasteiger partial charge is 0.466 e. The Morgan fingerprint density at radius 1 is 1.50 bits per heavy atom. The van der Waals surface area contributed by atoms with Crippen LogP contribution in [0.5, 0.6) is 0 Å². The van der Waals surface area contributed by atoms with Crippen LogP contribution in [-0.2, 0) is 16.1 Å². The van der Waals surface area contributed by atoms with Crippen molar-refractivity contribution in [2.45, 2.75) is 32.7 Å². The molecule has 1 aliphatic heterocycles. The van der Waals surface area contributed by atoms with E-state index < -0.39 is 0 Å². The molecular formula is C16H28IN5O2. The van der Waals surface area contributed by atoms with Gasteiger partial charge in [0, 0.05) is 45.6 Å². The maximum atomic E-state index is 11.9. The Labute approximate surface area is 160 Å². The Morgan fingerprint density at radius 3 is 3.00 bits per heavy atom. The van der Waals surface area contributed by atoms with E-state index in [1.807, 2.05) is 23.9 Å². The molecule has 0 aromatic carbocycles. The Balaban J connectivity index is 0.00000288. The fourth-order valence-electron chi connectivity index (χ4n) is 2.83. The molecule has 8 heteroatoms. The Bertz CT molecular complexity index is 507. The molecular weight excluding hydrogens is 421 g/mol. The number of hydrogen-bond acceptors (Lipinski definition) is 4. The molecule has 0 saturated carbocycles. The number of piperidine rings is 1. The highest BCUT2D eigenvalue weighted by Crippen LogP contribution is 2.18. The zero-order chi connectivity index (χ0) is 16.5. The van der Waals surface area contributed by atoms with Crippen LogP contribution in [0.4, 0.5) is 0 Å². The maximum Gasteiger partial charge on any atom is 0.310 e. The van der Waals surface area contributed by atoms with Gasteiger partial charge in [-0.15, -0.1) is 24.0 Å². The van der Waals surface area contributed by atoms with Crippen molar-refractivity contribution in [1.29, 1.82) is 0 Å². The number of carbonyl (C=O) groups excluding carboxylic acids is 1. The highest BCUT2D eigenvalue weighted by molar-refractivity contribution is 14.0. The number of nitrogens with one attached hydrogen (secondary N) is 1. The number of halogens is 1. The number of aromatic nitrogens is 2. The Morgan fingerprint density at radius 2 is 2.33 bits per heavy atom. The summed E-state index contributed by atoms with van der Waals surface area (Å²) in [6.07, 6.45) is 6.60. The summed E-state index contributed by atoms with van der Waals surface area (Å²) < 4.78 is 7.07. The first kappa shape index (κ1) is 20.7. The van der Waals surface area contributed by atoms with Crippen molar-refractivity contribution in [3.8, 4) is 0 Å². The highest BCUT2D eigenvalue weighted by atomic mass is 127. The van der Waals surface area contributed by atoms with Crippen molar-refractivity contribution < 1.29 is 9.53 Å². The van der Waals surface area contributed by atoms with Crippen LogP contribution < -0.4 is 5.32 Å². The molecule has 0 bridgehead atoms. The smallest absolute Gasteiger partial charge is 0.310 e. The molecule has 0 amide bonds. The summed E-state index contributed by atoms with van der Waals surface area (Å²) in [5.74, 6) is 0.720. The monoisotopic (exact) mass is 449 g/mol. The van der Waals surface area contributed by atoms with Gasteiger partial charge in [0.05, 0.1) is 12.5 Å². The molecule has 0 radical (unpaired) electrons. The molecule has 1 unspecified atom stereocenters. The lowest BCUT2D eigenvalue weighted by Crippen LogP contribution is -2.48. The Hall–Kier alpha value is -1.32. The molecule has 136 valence electrons. The summed E-state index contributed by atoms with van der Waals surface area (Å²) in [7, 11) is 1.78. The van der Waals surface area contributed by atoms with E-state index >= 15 is 0 Å². The molecule has 24 heavy (non-hydrogen) atoms. The van der Waals surface area contributed by atoms with E-state index in [1.54, 1.807) is 13.2 Å². The number of esters is 1. The first-order chi connectivity index (χ1) is 11.2. The molecule has 1 aliphatic rings. The third-order valence-corrected chi connectivity index (χ3v) is 3.96. The zero-order valence-electron chi connectivity index (χ0n) is 14.5. The molecule has 7 nitrogen and oxygen atoms in total.